The molecule has 0 rings (SSSR count). The predicted molar refractivity (Wildman–Crippen MR) is 31.9 cm³/mol. The zero-order valence-electron chi connectivity index (χ0n) is 6.05. The molecule has 2 N–H and O–H groups in total. The quantitative estimate of drug-likeness (QED) is 0.671. The van der Waals surface area contributed by atoms with Gasteiger partial charge in [-0.3, -0.25) is 0 Å². The van der Waals surface area contributed by atoms with Crippen LogP contribution in [0.1, 0.15) is 6.92 Å². The zero-order valence-corrected chi connectivity index (χ0v) is 6.05. The molecule has 0 spiro atoms. The van der Waals surface area contributed by atoms with Crippen molar-refractivity contribution in [3.63, 3.8) is 0 Å². The molecule has 72 valence electrons. The van der Waals surface area contributed by atoms with Gasteiger partial charge in [0.2, 0.25) is 0 Å². The van der Waals surface area contributed by atoms with Gasteiger partial charge < -0.3 is 10.2 Å². The van der Waals surface area contributed by atoms with Crippen molar-refractivity contribution in [2.45, 2.75) is 12.8 Å². The van der Waals surface area contributed by atoms with E-state index in [1.54, 1.807) is 0 Å². The Morgan fingerprint density at radius 1 is 1.33 bits per heavy atom. The number of aliphatic carboxylic acids is 2. The minimum absolute atomic E-state index is 0.329. The van der Waals surface area contributed by atoms with E-state index in [4.69, 9.17) is 15.0 Å². The van der Waals surface area contributed by atoms with Crippen LogP contribution < -0.4 is 0 Å². The summed E-state index contributed by atoms with van der Waals surface area (Å²) in [7, 11) is 0. The fraction of sp³-hybridized carbons (Fsp3) is 0.600. The lowest BCUT2D eigenvalue weighted by atomic mass is 10.4. The van der Waals surface area contributed by atoms with Gasteiger partial charge in [-0.05, 0) is 0 Å². The summed E-state index contributed by atoms with van der Waals surface area (Å²) in [6, 6.07) is 0. The van der Waals surface area contributed by atoms with Gasteiger partial charge in [0, 0.05) is 6.92 Å². The molecule has 0 aromatic rings. The van der Waals surface area contributed by atoms with E-state index in [-0.39, 0.29) is 0 Å². The second kappa shape index (κ2) is 5.39. The van der Waals surface area contributed by atoms with Gasteiger partial charge in [0.1, 0.15) is 0 Å². The third kappa shape index (κ3) is 11.5. The maximum atomic E-state index is 11.2. The number of hydrogen-bond donors (Lipinski definition) is 2. The molecule has 0 saturated carbocycles. The molecule has 0 saturated heterocycles. The van der Waals surface area contributed by atoms with Crippen LogP contribution in [0.2, 0.25) is 0 Å². The van der Waals surface area contributed by atoms with E-state index < -0.39 is 24.5 Å². The van der Waals surface area contributed by atoms with E-state index in [0.29, 0.717) is 6.92 Å². The number of alkyl halides is 3. The molecule has 0 amide bonds. The van der Waals surface area contributed by atoms with E-state index in [1.807, 2.05) is 0 Å². The maximum Gasteiger partial charge on any atom is 0.374 e. The number of carboxylic acids is 2. The first kappa shape index (κ1) is 13.3. The van der Waals surface area contributed by atoms with Crippen molar-refractivity contribution in [3.8, 4) is 0 Å². The molecule has 0 aromatic carbocycles. The highest BCUT2D eigenvalue weighted by Crippen LogP contribution is 2.09. The number of halogens is 3. The standard InChI is InChI=1S/C3H4F2O2.C2H3FO2/c1-3(4,5)2(6)7;3-1-2(4)5/h1H3,(H,6,7);1H2,(H,4,5). The molecule has 0 aromatic heterocycles. The summed E-state index contributed by atoms with van der Waals surface area (Å²) in [4.78, 5) is 18.3. The smallest absolute Gasteiger partial charge is 0.374 e. The molecule has 0 aliphatic carbocycles. The third-order valence-corrected chi connectivity index (χ3v) is 0.490. The Labute approximate surface area is 65.6 Å². The zero-order chi connectivity index (χ0) is 10.4. The fourth-order valence-electron chi connectivity index (χ4n) is 0. The van der Waals surface area contributed by atoms with E-state index in [0.717, 1.165) is 0 Å². The molecule has 0 atom stereocenters. The molecule has 0 aliphatic heterocycles. The summed E-state index contributed by atoms with van der Waals surface area (Å²) in [6.07, 6.45) is 0. The Morgan fingerprint density at radius 3 is 1.50 bits per heavy atom. The van der Waals surface area contributed by atoms with Crippen LogP contribution in [-0.2, 0) is 9.59 Å². The Hall–Kier alpha value is -1.27. The third-order valence-electron chi connectivity index (χ3n) is 0.490. The molecule has 0 aliphatic rings. The number of carboxylic acid groups (broad SMARTS) is 2. The summed E-state index contributed by atoms with van der Waals surface area (Å²) in [5.41, 5.74) is 0. The topological polar surface area (TPSA) is 74.6 Å². The SMILES string of the molecule is CC(F)(F)C(=O)O.O=C(O)CF. The highest BCUT2D eigenvalue weighted by atomic mass is 19.3. The van der Waals surface area contributed by atoms with Crippen molar-refractivity contribution in [1.82, 2.24) is 0 Å². The van der Waals surface area contributed by atoms with Gasteiger partial charge in [-0.2, -0.15) is 8.78 Å². The molecule has 0 fully saturated rings. The van der Waals surface area contributed by atoms with Gasteiger partial charge in [0.15, 0.2) is 6.67 Å². The molecule has 7 heteroatoms. The van der Waals surface area contributed by atoms with Crippen molar-refractivity contribution in [3.05, 3.63) is 0 Å². The van der Waals surface area contributed by atoms with E-state index in [2.05, 4.69) is 0 Å². The van der Waals surface area contributed by atoms with Crippen molar-refractivity contribution in [2.24, 2.45) is 0 Å². The van der Waals surface area contributed by atoms with Crippen LogP contribution in [0, 0.1) is 0 Å². The summed E-state index contributed by atoms with van der Waals surface area (Å²) < 4.78 is 33.0. The number of hydrogen-bond acceptors (Lipinski definition) is 2. The van der Waals surface area contributed by atoms with Gasteiger partial charge in [-0.1, -0.05) is 0 Å². The molecule has 0 heterocycles. The van der Waals surface area contributed by atoms with Crippen LogP contribution in [0.25, 0.3) is 0 Å². The average Bonchev–Trinajstić information content (AvgIpc) is 1.87. The first-order chi connectivity index (χ1) is 5.21. The molecular formula is C5H7F3O4. The lowest BCUT2D eigenvalue weighted by Gasteiger charge is -1.98. The van der Waals surface area contributed by atoms with Crippen molar-refractivity contribution < 1.29 is 33.0 Å². The minimum Gasteiger partial charge on any atom is -0.479 e. The fourth-order valence-corrected chi connectivity index (χ4v) is 0. The summed E-state index contributed by atoms with van der Waals surface area (Å²) in [6.45, 7) is -0.949. The second-order valence-corrected chi connectivity index (χ2v) is 1.72. The van der Waals surface area contributed by atoms with Crippen LogP contribution >= 0.6 is 0 Å². The average molecular weight is 188 g/mol. The lowest BCUT2D eigenvalue weighted by molar-refractivity contribution is -0.161. The lowest BCUT2D eigenvalue weighted by Crippen LogP contribution is -2.22. The Balaban J connectivity index is 0. The first-order valence-corrected chi connectivity index (χ1v) is 2.60. The normalized spacial score (nSPS) is 9.67. The van der Waals surface area contributed by atoms with Gasteiger partial charge in [-0.15, -0.1) is 0 Å². The summed E-state index contributed by atoms with van der Waals surface area (Å²) in [5, 5.41) is 14.8. The number of rotatable bonds is 2. The van der Waals surface area contributed by atoms with Crippen LogP contribution in [0.4, 0.5) is 13.2 Å². The van der Waals surface area contributed by atoms with Crippen molar-refractivity contribution >= 4 is 11.9 Å². The molecule has 0 unspecified atom stereocenters. The van der Waals surface area contributed by atoms with Crippen LogP contribution in [-0.4, -0.2) is 34.7 Å². The maximum absolute atomic E-state index is 11.2. The first-order valence-electron chi connectivity index (χ1n) is 2.60. The molecule has 12 heavy (non-hydrogen) atoms. The van der Waals surface area contributed by atoms with Gasteiger partial charge in [-0.25, -0.2) is 14.0 Å². The predicted octanol–water partition coefficient (Wildman–Crippen LogP) is 0.767. The van der Waals surface area contributed by atoms with E-state index in [9.17, 15) is 18.0 Å². The molecule has 0 bridgehead atoms. The largest absolute Gasteiger partial charge is 0.479 e. The molecular weight excluding hydrogens is 181 g/mol. The van der Waals surface area contributed by atoms with E-state index >= 15 is 0 Å². The highest BCUT2D eigenvalue weighted by molar-refractivity contribution is 5.74. The molecule has 0 radical (unpaired) electrons. The van der Waals surface area contributed by atoms with Crippen LogP contribution in [0.5, 0.6) is 0 Å². The van der Waals surface area contributed by atoms with Crippen molar-refractivity contribution in [1.29, 1.82) is 0 Å². The highest BCUT2D eigenvalue weighted by Gasteiger charge is 2.31. The molecule has 4 nitrogen and oxygen atoms in total. The van der Waals surface area contributed by atoms with Gasteiger partial charge in [0.05, 0.1) is 0 Å². The monoisotopic (exact) mass is 188 g/mol. The van der Waals surface area contributed by atoms with Crippen molar-refractivity contribution in [2.75, 3.05) is 6.67 Å². The Morgan fingerprint density at radius 2 is 1.50 bits per heavy atom. The summed E-state index contributed by atoms with van der Waals surface area (Å²) >= 11 is 0. The Bertz CT molecular complexity index is 163. The van der Waals surface area contributed by atoms with E-state index in [1.165, 1.54) is 0 Å². The van der Waals surface area contributed by atoms with Gasteiger partial charge in [0.25, 0.3) is 0 Å². The minimum atomic E-state index is -3.58. The second-order valence-electron chi connectivity index (χ2n) is 1.72. The summed E-state index contributed by atoms with van der Waals surface area (Å²) in [5.74, 6) is -7.09. The van der Waals surface area contributed by atoms with Crippen LogP contribution in [0.3, 0.4) is 0 Å². The van der Waals surface area contributed by atoms with Crippen LogP contribution in [0.15, 0.2) is 0 Å². The van der Waals surface area contributed by atoms with Gasteiger partial charge >= 0.3 is 17.9 Å². The number of carbonyl (C=O) groups is 2. The Kier molecular flexibility index (Phi) is 5.99.